The van der Waals surface area contributed by atoms with Gasteiger partial charge in [0.15, 0.2) is 5.78 Å². The van der Waals surface area contributed by atoms with E-state index in [-0.39, 0.29) is 22.9 Å². The van der Waals surface area contributed by atoms with Crippen LogP contribution in [0.4, 0.5) is 17.5 Å². The Labute approximate surface area is 242 Å². The molecule has 6 rings (SSSR count). The predicted molar refractivity (Wildman–Crippen MR) is 165 cm³/mol. The molecule has 220 valence electrons. The summed E-state index contributed by atoms with van der Waals surface area (Å²) < 4.78 is 1.74. The van der Waals surface area contributed by atoms with Crippen LogP contribution in [0, 0.1) is 6.92 Å². The van der Waals surface area contributed by atoms with Crippen LogP contribution in [0.3, 0.4) is 0 Å². The highest BCUT2D eigenvalue weighted by Crippen LogP contribution is 2.32. The monoisotopic (exact) mass is 560 g/mol. The molecule has 10 heteroatoms. The number of rotatable bonds is 6. The fraction of sp³-hybridized carbons (Fsp3) is 0.581. The van der Waals surface area contributed by atoms with Crippen LogP contribution in [0.15, 0.2) is 29.3 Å². The van der Waals surface area contributed by atoms with E-state index in [9.17, 15) is 9.59 Å². The Morgan fingerprint density at radius 2 is 1.66 bits per heavy atom. The fourth-order valence-electron chi connectivity index (χ4n) is 6.59. The van der Waals surface area contributed by atoms with Gasteiger partial charge in [0.1, 0.15) is 11.5 Å². The third-order valence-electron chi connectivity index (χ3n) is 8.74. The normalized spacial score (nSPS) is 18.8. The molecule has 1 saturated carbocycles. The molecule has 0 aromatic carbocycles. The zero-order valence-electron chi connectivity index (χ0n) is 24.9. The van der Waals surface area contributed by atoms with Gasteiger partial charge in [0.2, 0.25) is 5.95 Å². The SMILES string of the molecule is CC.CC(=O)c1c(C)c2cnc(Nc3ccc(N4CCN(C5CCNCC5)CC4)cn3)nc2n(C2CCCC2)c1=O. The number of carbonyl (C=O) groups excluding carboxylic acids is 1. The van der Waals surface area contributed by atoms with Crippen molar-refractivity contribution in [3.05, 3.63) is 46.0 Å². The molecule has 41 heavy (non-hydrogen) atoms. The molecule has 2 aliphatic heterocycles. The molecule has 0 bridgehead atoms. The summed E-state index contributed by atoms with van der Waals surface area (Å²) in [5.74, 6) is 0.822. The van der Waals surface area contributed by atoms with Crippen LogP contribution in [-0.2, 0) is 0 Å². The smallest absolute Gasteiger partial charge is 0.263 e. The quantitative estimate of drug-likeness (QED) is 0.423. The second kappa shape index (κ2) is 13.1. The molecular weight excluding hydrogens is 516 g/mol. The Kier molecular flexibility index (Phi) is 9.29. The van der Waals surface area contributed by atoms with Gasteiger partial charge < -0.3 is 15.5 Å². The second-order valence-corrected chi connectivity index (χ2v) is 11.1. The van der Waals surface area contributed by atoms with Gasteiger partial charge in [-0.2, -0.15) is 4.98 Å². The molecule has 1 aliphatic carbocycles. The molecule has 2 N–H and O–H groups in total. The zero-order chi connectivity index (χ0) is 28.9. The molecule has 5 heterocycles. The Bertz CT molecular complexity index is 1400. The van der Waals surface area contributed by atoms with Crippen LogP contribution in [-0.4, -0.2) is 75.5 Å². The van der Waals surface area contributed by atoms with Crippen LogP contribution >= 0.6 is 0 Å². The number of pyridine rings is 2. The Morgan fingerprint density at radius 3 is 2.29 bits per heavy atom. The van der Waals surface area contributed by atoms with Gasteiger partial charge in [-0.05, 0) is 70.3 Å². The summed E-state index contributed by atoms with van der Waals surface area (Å²) in [7, 11) is 0. The average Bonchev–Trinajstić information content (AvgIpc) is 3.54. The van der Waals surface area contributed by atoms with E-state index < -0.39 is 0 Å². The van der Waals surface area contributed by atoms with Crippen molar-refractivity contribution in [2.75, 3.05) is 49.5 Å². The van der Waals surface area contributed by atoms with Crippen molar-refractivity contribution in [3.63, 3.8) is 0 Å². The van der Waals surface area contributed by atoms with Gasteiger partial charge in [0.05, 0.1) is 17.4 Å². The number of aromatic nitrogens is 4. The Hall–Kier alpha value is -3.37. The fourth-order valence-corrected chi connectivity index (χ4v) is 6.59. The largest absolute Gasteiger partial charge is 0.368 e. The number of piperazine rings is 1. The molecule has 0 atom stereocenters. The highest BCUT2D eigenvalue weighted by atomic mass is 16.1. The molecule has 10 nitrogen and oxygen atoms in total. The molecule has 0 unspecified atom stereocenters. The minimum Gasteiger partial charge on any atom is -0.368 e. The highest BCUT2D eigenvalue weighted by Gasteiger charge is 2.27. The standard InChI is InChI=1S/C29H38N8O2.C2H6/c1-19-24-18-32-29(34-27(24)37(22-5-3-4-6-22)28(39)26(19)20(2)38)33-25-8-7-23(17-31-25)36-15-13-35(14-16-36)21-9-11-30-12-10-21;1-2/h7-8,17-18,21-22,30H,3-6,9-16H2,1-2H3,(H,31,32,33,34);1-2H3. The number of anilines is 3. The Balaban J connectivity index is 0.00000165. The third-order valence-corrected chi connectivity index (χ3v) is 8.74. The van der Waals surface area contributed by atoms with Gasteiger partial charge in [-0.15, -0.1) is 0 Å². The lowest BCUT2D eigenvalue weighted by molar-refractivity contribution is 0.101. The molecule has 2 saturated heterocycles. The minimum absolute atomic E-state index is 0.0501. The maximum Gasteiger partial charge on any atom is 0.263 e. The maximum atomic E-state index is 13.4. The zero-order valence-corrected chi connectivity index (χ0v) is 24.9. The average molecular weight is 561 g/mol. The van der Waals surface area contributed by atoms with E-state index in [1.54, 1.807) is 10.8 Å². The second-order valence-electron chi connectivity index (χ2n) is 11.1. The summed E-state index contributed by atoms with van der Waals surface area (Å²) in [4.78, 5) is 44.8. The number of Topliss-reactive ketones (excluding diaryl/α,β-unsaturated/α-hetero) is 1. The van der Waals surface area contributed by atoms with Gasteiger partial charge in [-0.3, -0.25) is 19.1 Å². The van der Waals surface area contributed by atoms with Crippen LogP contribution in [0.25, 0.3) is 11.0 Å². The van der Waals surface area contributed by atoms with E-state index in [2.05, 4.69) is 36.5 Å². The number of carbonyl (C=O) groups is 1. The molecule has 0 spiro atoms. The summed E-state index contributed by atoms with van der Waals surface area (Å²) in [6.45, 7) is 13.7. The number of nitrogens with zero attached hydrogens (tertiary/aromatic N) is 6. The van der Waals surface area contributed by atoms with Crippen molar-refractivity contribution >= 4 is 34.3 Å². The molecule has 3 aromatic rings. The van der Waals surface area contributed by atoms with Crippen LogP contribution in [0.5, 0.6) is 0 Å². The molecule has 3 fully saturated rings. The van der Waals surface area contributed by atoms with Crippen molar-refractivity contribution < 1.29 is 4.79 Å². The first kappa shape index (κ1) is 29.1. The van der Waals surface area contributed by atoms with Gasteiger partial charge in [-0.25, -0.2) is 9.97 Å². The number of hydrogen-bond acceptors (Lipinski definition) is 9. The number of aryl methyl sites for hydroxylation is 1. The van der Waals surface area contributed by atoms with Gasteiger partial charge in [0.25, 0.3) is 5.56 Å². The topological polar surface area (TPSA) is 108 Å². The van der Waals surface area contributed by atoms with Crippen LogP contribution in [0.1, 0.15) is 81.3 Å². The first-order valence-corrected chi connectivity index (χ1v) is 15.3. The van der Waals surface area contributed by atoms with Crippen molar-refractivity contribution in [1.82, 2.24) is 29.7 Å². The molecule has 0 radical (unpaired) electrons. The number of piperidine rings is 1. The number of ketones is 1. The number of hydrogen-bond donors (Lipinski definition) is 2. The van der Waals surface area contributed by atoms with Gasteiger partial charge >= 0.3 is 0 Å². The van der Waals surface area contributed by atoms with E-state index >= 15 is 0 Å². The lowest BCUT2D eigenvalue weighted by atomic mass is 10.0. The number of fused-ring (bicyclic) bond motifs is 1. The third kappa shape index (κ3) is 6.13. The molecule has 3 aromatic heterocycles. The van der Waals surface area contributed by atoms with E-state index in [0.29, 0.717) is 29.0 Å². The van der Waals surface area contributed by atoms with Crippen molar-refractivity contribution in [2.24, 2.45) is 0 Å². The summed E-state index contributed by atoms with van der Waals surface area (Å²) in [5.41, 5.74) is 2.34. The van der Waals surface area contributed by atoms with Gasteiger partial charge in [0, 0.05) is 49.8 Å². The summed E-state index contributed by atoms with van der Waals surface area (Å²) in [6.07, 6.45) is 10.1. The minimum atomic E-state index is -0.244. The summed E-state index contributed by atoms with van der Waals surface area (Å²) in [5, 5.41) is 7.42. The summed E-state index contributed by atoms with van der Waals surface area (Å²) in [6, 6.07) is 4.81. The van der Waals surface area contributed by atoms with Crippen LogP contribution < -0.4 is 21.1 Å². The molecular formula is C31H44N8O2. The van der Waals surface area contributed by atoms with E-state index in [1.807, 2.05) is 33.0 Å². The van der Waals surface area contributed by atoms with Crippen molar-refractivity contribution in [1.29, 1.82) is 0 Å². The molecule has 0 amide bonds. The Morgan fingerprint density at radius 1 is 0.951 bits per heavy atom. The number of nitrogens with one attached hydrogen (secondary N) is 2. The van der Waals surface area contributed by atoms with E-state index in [0.717, 1.165) is 76.0 Å². The molecule has 3 aliphatic rings. The maximum absolute atomic E-state index is 13.4. The lowest BCUT2D eigenvalue weighted by Gasteiger charge is -2.41. The predicted octanol–water partition coefficient (Wildman–Crippen LogP) is 4.46. The first-order chi connectivity index (χ1) is 20.0. The van der Waals surface area contributed by atoms with E-state index in [1.165, 1.54) is 19.8 Å². The van der Waals surface area contributed by atoms with E-state index in [4.69, 9.17) is 4.98 Å². The summed E-state index contributed by atoms with van der Waals surface area (Å²) >= 11 is 0. The van der Waals surface area contributed by atoms with Crippen molar-refractivity contribution in [3.8, 4) is 0 Å². The highest BCUT2D eigenvalue weighted by molar-refractivity contribution is 5.99. The van der Waals surface area contributed by atoms with Crippen LogP contribution in [0.2, 0.25) is 0 Å². The first-order valence-electron chi connectivity index (χ1n) is 15.3. The van der Waals surface area contributed by atoms with Gasteiger partial charge in [-0.1, -0.05) is 26.7 Å². The van der Waals surface area contributed by atoms with Crippen molar-refractivity contribution in [2.45, 2.75) is 78.3 Å². The lowest BCUT2D eigenvalue weighted by Crippen LogP contribution is -2.52.